The number of ether oxygens (including phenoxy) is 1. The lowest BCUT2D eigenvalue weighted by Gasteiger charge is -2.63. The first-order valence-corrected chi connectivity index (χ1v) is 17.7. The number of piperidine rings is 3. The molecule has 2 aromatic carbocycles. The second-order valence-corrected chi connectivity index (χ2v) is 14.6. The van der Waals surface area contributed by atoms with Crippen LogP contribution < -0.4 is 16.4 Å². The minimum atomic E-state index is -4.71. The van der Waals surface area contributed by atoms with Gasteiger partial charge in [0.15, 0.2) is 0 Å². The molecule has 6 aliphatic rings. The normalized spacial score (nSPS) is 26.6. The Morgan fingerprint density at radius 1 is 1.10 bits per heavy atom. The lowest BCUT2D eigenvalue weighted by molar-refractivity contribution is -0.887. The second-order valence-electron chi connectivity index (χ2n) is 14.2. The summed E-state index contributed by atoms with van der Waals surface area (Å²) in [6, 6.07) is 10.6. The van der Waals surface area contributed by atoms with Crippen LogP contribution in [0.25, 0.3) is 0 Å². The minimum Gasteiger partial charge on any atom is -0.397 e. The zero-order valence-electron chi connectivity index (χ0n) is 27.2. The van der Waals surface area contributed by atoms with Crippen molar-refractivity contribution >= 4 is 34.8 Å². The highest BCUT2D eigenvalue weighted by atomic mass is 35.5. The molecule has 3 unspecified atom stereocenters. The molecule has 13 heteroatoms. The van der Waals surface area contributed by atoms with E-state index in [1.165, 1.54) is 6.07 Å². The minimum absolute atomic E-state index is 0.0401. The van der Waals surface area contributed by atoms with E-state index < -0.39 is 29.2 Å². The number of fused-ring (bicyclic) bond motifs is 3. The summed E-state index contributed by atoms with van der Waals surface area (Å²) in [5.74, 6) is -2.05. The number of anilines is 2. The van der Waals surface area contributed by atoms with Crippen LogP contribution in [0, 0.1) is 5.92 Å². The number of nitrogens with two attached hydrogens (primary N) is 1. The van der Waals surface area contributed by atoms with Crippen molar-refractivity contribution in [3.05, 3.63) is 58.1 Å². The number of benzene rings is 2. The predicted octanol–water partition coefficient (Wildman–Crippen LogP) is 5.33. The molecule has 0 saturated carbocycles. The molecule has 9 nitrogen and oxygen atoms in total. The Balaban J connectivity index is 1.21. The first kappa shape index (κ1) is 33.6. The number of likely N-dealkylation sites (tertiary alicyclic amines) is 1. The molecule has 6 aliphatic heterocycles. The molecular formula is C35H45ClF3N6O3+. The van der Waals surface area contributed by atoms with Crippen LogP contribution >= 0.6 is 11.6 Å². The van der Waals surface area contributed by atoms with Crippen molar-refractivity contribution in [3.63, 3.8) is 0 Å². The van der Waals surface area contributed by atoms with Gasteiger partial charge in [-0.05, 0) is 61.4 Å². The fourth-order valence-corrected chi connectivity index (χ4v) is 9.18. The SMILES string of the molecule is Nc1c(Cl)cc(CC(CC(=O)N2CCC3CC2(N2CNc4ccccc4C2)O3)C(=O)[N+]2(C3CCNCC3)CCCCC2)cc1C(F)(F)F. The zero-order valence-corrected chi connectivity index (χ0v) is 27.9. The number of alkyl halides is 3. The molecule has 2 aromatic rings. The fraction of sp³-hybridized carbons (Fsp3) is 0.600. The Labute approximate surface area is 284 Å². The van der Waals surface area contributed by atoms with E-state index in [4.69, 9.17) is 22.1 Å². The van der Waals surface area contributed by atoms with Crippen molar-refractivity contribution in [1.29, 1.82) is 0 Å². The lowest BCUT2D eigenvalue weighted by atomic mass is 9.87. The summed E-state index contributed by atoms with van der Waals surface area (Å²) < 4.78 is 48.8. The topological polar surface area (TPSA) is 99.9 Å². The average molecular weight is 690 g/mol. The maximum Gasteiger partial charge on any atom is 0.418 e. The van der Waals surface area contributed by atoms with Gasteiger partial charge in [-0.3, -0.25) is 9.28 Å². The number of hydrogen-bond donors (Lipinski definition) is 3. The molecule has 48 heavy (non-hydrogen) atoms. The van der Waals surface area contributed by atoms with Crippen LogP contribution in [0.3, 0.4) is 0 Å². The highest BCUT2D eigenvalue weighted by molar-refractivity contribution is 6.33. The summed E-state index contributed by atoms with van der Waals surface area (Å²) in [7, 11) is 0. The third kappa shape index (κ3) is 6.08. The van der Waals surface area contributed by atoms with Crippen LogP contribution in [0.4, 0.5) is 24.5 Å². The van der Waals surface area contributed by atoms with Crippen molar-refractivity contribution in [2.24, 2.45) is 5.92 Å². The summed E-state index contributed by atoms with van der Waals surface area (Å²) in [5.41, 5.74) is 6.61. The van der Waals surface area contributed by atoms with Gasteiger partial charge in [0.2, 0.25) is 11.8 Å². The van der Waals surface area contributed by atoms with Gasteiger partial charge in [-0.1, -0.05) is 29.8 Å². The van der Waals surface area contributed by atoms with Gasteiger partial charge < -0.3 is 26.0 Å². The number of amides is 2. The number of nitrogen functional groups attached to an aromatic ring is 1. The third-order valence-corrected chi connectivity index (χ3v) is 11.7. The van der Waals surface area contributed by atoms with E-state index in [0.717, 1.165) is 62.5 Å². The van der Waals surface area contributed by atoms with Crippen molar-refractivity contribution in [1.82, 2.24) is 15.1 Å². The number of quaternary nitrogens is 1. The number of para-hydroxylation sites is 1. The first-order valence-electron chi connectivity index (χ1n) is 17.3. The number of halogens is 4. The van der Waals surface area contributed by atoms with Crippen LogP contribution in [0.1, 0.15) is 68.1 Å². The van der Waals surface area contributed by atoms with Gasteiger partial charge >= 0.3 is 12.1 Å². The molecule has 3 atom stereocenters. The van der Waals surface area contributed by atoms with Crippen LogP contribution in [0.15, 0.2) is 36.4 Å². The number of carbonyl (C=O) groups is 2. The molecule has 6 heterocycles. The number of rotatable bonds is 7. The van der Waals surface area contributed by atoms with E-state index in [9.17, 15) is 18.0 Å². The number of carbonyl (C=O) groups excluding carboxylic acids is 2. The molecular weight excluding hydrogens is 645 g/mol. The smallest absolute Gasteiger partial charge is 0.397 e. The van der Waals surface area contributed by atoms with Gasteiger partial charge in [0.1, 0.15) is 0 Å². The molecule has 0 radical (unpaired) electrons. The van der Waals surface area contributed by atoms with Crippen molar-refractivity contribution in [2.45, 2.75) is 88.5 Å². The van der Waals surface area contributed by atoms with Crippen LogP contribution in [-0.2, 0) is 33.5 Å². The van der Waals surface area contributed by atoms with Gasteiger partial charge in [0, 0.05) is 57.5 Å². The number of nitrogens with one attached hydrogen (secondary N) is 2. The largest absolute Gasteiger partial charge is 0.418 e. The van der Waals surface area contributed by atoms with Crippen LogP contribution in [0.2, 0.25) is 5.02 Å². The van der Waals surface area contributed by atoms with E-state index in [1.54, 1.807) is 4.90 Å². The molecule has 2 amide bonds. The van der Waals surface area contributed by atoms with Gasteiger partial charge in [0.25, 0.3) is 0 Å². The van der Waals surface area contributed by atoms with E-state index in [0.29, 0.717) is 45.7 Å². The third-order valence-electron chi connectivity index (χ3n) is 11.4. The number of nitrogens with zero attached hydrogens (tertiary/aromatic N) is 3. The highest BCUT2D eigenvalue weighted by Gasteiger charge is 2.60. The van der Waals surface area contributed by atoms with E-state index >= 15 is 4.79 Å². The molecule has 0 aliphatic carbocycles. The van der Waals surface area contributed by atoms with Crippen LogP contribution in [0.5, 0.6) is 0 Å². The Morgan fingerprint density at radius 3 is 2.56 bits per heavy atom. The van der Waals surface area contributed by atoms with E-state index in [1.807, 2.05) is 18.2 Å². The van der Waals surface area contributed by atoms with Gasteiger partial charge in [-0.15, -0.1) is 0 Å². The van der Waals surface area contributed by atoms with Crippen LogP contribution in [-0.4, -0.2) is 83.5 Å². The Hall–Kier alpha value is -2.90. The second kappa shape index (κ2) is 13.1. The lowest BCUT2D eigenvalue weighted by Crippen LogP contribution is -2.76. The molecule has 5 fully saturated rings. The Morgan fingerprint density at radius 2 is 1.83 bits per heavy atom. The highest BCUT2D eigenvalue weighted by Crippen LogP contribution is 2.47. The maximum atomic E-state index is 15.0. The van der Waals surface area contributed by atoms with Crippen molar-refractivity contribution in [2.75, 3.05) is 50.4 Å². The first-order chi connectivity index (χ1) is 23.0. The molecule has 260 valence electrons. The molecule has 0 aromatic heterocycles. The molecule has 4 N–H and O–H groups in total. The zero-order chi connectivity index (χ0) is 33.7. The van der Waals surface area contributed by atoms with Crippen molar-refractivity contribution < 1.29 is 32.0 Å². The van der Waals surface area contributed by atoms with E-state index in [-0.39, 0.29) is 51.9 Å². The summed E-state index contributed by atoms with van der Waals surface area (Å²) in [4.78, 5) is 33.5. The quantitative estimate of drug-likeness (QED) is 0.267. The standard InChI is InChI=1S/C35H45ClF3N6O3/c36-29-18-23(17-28(32(29)40)35(37,38)39)16-25(33(47)45(14-4-1-5-15-45)26-8-11-41-12-9-26)19-31(46)44-13-10-27-20-34(44,48-27)43-21-24-6-2-3-7-30(24)42-22-43/h2-3,6-7,17-18,25-27,41-42H,1,4-5,8-16,19-22,40H2/q+1. The summed E-state index contributed by atoms with van der Waals surface area (Å²) in [6.45, 7) is 4.57. The monoisotopic (exact) mass is 689 g/mol. The molecule has 8 rings (SSSR count). The summed E-state index contributed by atoms with van der Waals surface area (Å²) in [5, 5.41) is 6.64. The predicted molar refractivity (Wildman–Crippen MR) is 176 cm³/mol. The van der Waals surface area contributed by atoms with Gasteiger partial charge in [0.05, 0.1) is 54.1 Å². The molecule has 0 spiro atoms. The fourth-order valence-electron chi connectivity index (χ4n) is 8.94. The van der Waals surface area contributed by atoms with Gasteiger partial charge in [-0.2, -0.15) is 13.2 Å². The summed E-state index contributed by atoms with van der Waals surface area (Å²) in [6.07, 6.45) is 1.05. The number of hydrogen-bond acceptors (Lipinski definition) is 7. The van der Waals surface area contributed by atoms with E-state index in [2.05, 4.69) is 21.6 Å². The van der Waals surface area contributed by atoms with Gasteiger partial charge in [-0.25, -0.2) is 9.69 Å². The Kier molecular flexibility index (Phi) is 9.16. The Bertz CT molecular complexity index is 1540. The molecule has 2 bridgehead atoms. The van der Waals surface area contributed by atoms with Crippen molar-refractivity contribution in [3.8, 4) is 0 Å². The maximum absolute atomic E-state index is 15.0. The summed E-state index contributed by atoms with van der Waals surface area (Å²) >= 11 is 6.25. The molecule has 5 saturated heterocycles. The average Bonchev–Trinajstić information content (AvgIpc) is 3.08.